The van der Waals surface area contributed by atoms with Gasteiger partial charge in [0.05, 0.1) is 0 Å². The number of amides is 2. The molecule has 2 amide bonds. The molecule has 1 aromatic rings. The van der Waals surface area contributed by atoms with Gasteiger partial charge >= 0.3 is 0 Å². The highest BCUT2D eigenvalue weighted by Crippen LogP contribution is 2.37. The Morgan fingerprint density at radius 3 is 2.50 bits per heavy atom. The van der Waals surface area contributed by atoms with E-state index in [2.05, 4.69) is 29.3 Å². The summed E-state index contributed by atoms with van der Waals surface area (Å²) in [4.78, 5) is 31.5. The average Bonchev–Trinajstić information content (AvgIpc) is 2.87. The van der Waals surface area contributed by atoms with E-state index in [1.165, 1.54) is 37.7 Å². The summed E-state index contributed by atoms with van der Waals surface area (Å²) in [6.45, 7) is 6.33. The average molecular weight is 470 g/mol. The normalized spacial score (nSPS) is 25.4. The molecular weight excluding hydrogens is 430 g/mol. The molecule has 3 aliphatic heterocycles. The number of hydrogen-bond donors (Lipinski definition) is 1. The number of nitrogens with one attached hydrogen (secondary N) is 1. The van der Waals surface area contributed by atoms with E-state index in [0.717, 1.165) is 44.0 Å². The molecule has 186 valence electrons. The van der Waals surface area contributed by atoms with Crippen LogP contribution in [0.25, 0.3) is 0 Å². The number of nitrogens with zero attached hydrogens (tertiary/aromatic N) is 2. The predicted octanol–water partition coefficient (Wildman–Crippen LogP) is 3.50. The minimum atomic E-state index is -0.695. The third-order valence-electron chi connectivity index (χ3n) is 8.25. The van der Waals surface area contributed by atoms with Crippen LogP contribution in [0.15, 0.2) is 18.2 Å². The van der Waals surface area contributed by atoms with Crippen LogP contribution in [0.3, 0.4) is 0 Å². The van der Waals surface area contributed by atoms with E-state index in [1.807, 2.05) is 11.0 Å². The molecular formula is C27H39N3O4. The van der Waals surface area contributed by atoms with E-state index < -0.39 is 5.54 Å². The Morgan fingerprint density at radius 2 is 1.76 bits per heavy atom. The molecule has 1 N–H and O–H groups in total. The third kappa shape index (κ3) is 4.64. The number of rotatable bonds is 6. The maximum atomic E-state index is 13.6. The molecule has 1 atom stereocenters. The van der Waals surface area contributed by atoms with Gasteiger partial charge < -0.3 is 19.7 Å². The van der Waals surface area contributed by atoms with Crippen molar-refractivity contribution in [2.75, 3.05) is 32.8 Å². The van der Waals surface area contributed by atoms with Gasteiger partial charge in [-0.2, -0.15) is 0 Å². The Morgan fingerprint density at radius 1 is 1.03 bits per heavy atom. The lowest BCUT2D eigenvalue weighted by atomic mass is 9.79. The monoisotopic (exact) mass is 469 g/mol. The minimum Gasteiger partial charge on any atom is -0.486 e. The number of hydrogen-bond acceptors (Lipinski definition) is 5. The molecule has 1 aromatic carbocycles. The molecule has 0 aromatic heterocycles. The molecule has 5 rings (SSSR count). The van der Waals surface area contributed by atoms with Crippen LogP contribution in [0.2, 0.25) is 0 Å². The first-order valence-electron chi connectivity index (χ1n) is 13.3. The summed E-state index contributed by atoms with van der Waals surface area (Å²) in [6.07, 6.45) is 9.23. The predicted molar refractivity (Wildman–Crippen MR) is 130 cm³/mol. The first-order valence-corrected chi connectivity index (χ1v) is 13.3. The van der Waals surface area contributed by atoms with Crippen LogP contribution in [0.1, 0.15) is 70.3 Å². The zero-order valence-corrected chi connectivity index (χ0v) is 20.5. The first-order chi connectivity index (χ1) is 16.6. The second-order valence-electron chi connectivity index (χ2n) is 10.5. The third-order valence-corrected chi connectivity index (χ3v) is 8.25. The van der Waals surface area contributed by atoms with Gasteiger partial charge in [-0.05, 0) is 49.3 Å². The molecule has 1 spiro atoms. The largest absolute Gasteiger partial charge is 0.486 e. The van der Waals surface area contributed by atoms with Gasteiger partial charge in [-0.1, -0.05) is 45.1 Å². The zero-order chi connectivity index (χ0) is 23.5. The van der Waals surface area contributed by atoms with Gasteiger partial charge in [0.1, 0.15) is 24.8 Å². The SMILES string of the molecule is CCCN1C(=O)C(CC2CCCCC2)NC(=O)C12CCN(Cc1ccc3c(c1)OCCO3)CC2. The second kappa shape index (κ2) is 10.1. The summed E-state index contributed by atoms with van der Waals surface area (Å²) < 4.78 is 11.4. The summed E-state index contributed by atoms with van der Waals surface area (Å²) in [6, 6.07) is 5.80. The number of piperidine rings is 1. The van der Waals surface area contributed by atoms with Crippen LogP contribution in [-0.2, 0) is 16.1 Å². The highest BCUT2D eigenvalue weighted by Gasteiger charge is 2.53. The number of carbonyl (C=O) groups excluding carboxylic acids is 2. The quantitative estimate of drug-likeness (QED) is 0.691. The van der Waals surface area contributed by atoms with E-state index in [4.69, 9.17) is 9.47 Å². The van der Waals surface area contributed by atoms with Crippen molar-refractivity contribution in [2.45, 2.75) is 82.8 Å². The Bertz CT molecular complexity index is 890. The van der Waals surface area contributed by atoms with Crippen molar-refractivity contribution >= 4 is 11.8 Å². The molecule has 3 heterocycles. The van der Waals surface area contributed by atoms with E-state index in [9.17, 15) is 9.59 Å². The summed E-state index contributed by atoms with van der Waals surface area (Å²) in [5, 5.41) is 3.18. The second-order valence-corrected chi connectivity index (χ2v) is 10.5. The minimum absolute atomic E-state index is 0.0698. The van der Waals surface area contributed by atoms with E-state index in [-0.39, 0.29) is 17.9 Å². The lowest BCUT2D eigenvalue weighted by molar-refractivity contribution is -0.162. The van der Waals surface area contributed by atoms with Crippen molar-refractivity contribution in [3.63, 3.8) is 0 Å². The first kappa shape index (κ1) is 23.5. The Balaban J connectivity index is 1.24. The molecule has 4 aliphatic rings. The number of fused-ring (bicyclic) bond motifs is 1. The number of ether oxygens (including phenoxy) is 2. The highest BCUT2D eigenvalue weighted by atomic mass is 16.6. The Labute approximate surface area is 203 Å². The Hall–Kier alpha value is -2.28. The van der Waals surface area contributed by atoms with Crippen LogP contribution in [0.5, 0.6) is 11.5 Å². The number of piperazine rings is 1. The lowest BCUT2D eigenvalue weighted by Gasteiger charge is -2.52. The smallest absolute Gasteiger partial charge is 0.246 e. The van der Waals surface area contributed by atoms with Gasteiger partial charge in [-0.3, -0.25) is 14.5 Å². The fourth-order valence-electron chi connectivity index (χ4n) is 6.36. The topological polar surface area (TPSA) is 71.1 Å². The van der Waals surface area contributed by atoms with Gasteiger partial charge in [0.15, 0.2) is 11.5 Å². The molecule has 0 bridgehead atoms. The van der Waals surface area contributed by atoms with Gasteiger partial charge in [0, 0.05) is 26.2 Å². The molecule has 34 heavy (non-hydrogen) atoms. The van der Waals surface area contributed by atoms with Gasteiger partial charge in [-0.15, -0.1) is 0 Å². The standard InChI is InChI=1S/C27H39N3O4/c1-2-12-30-25(31)22(17-20-6-4-3-5-7-20)28-26(32)27(30)10-13-29(14-11-27)19-21-8-9-23-24(18-21)34-16-15-33-23/h8-9,18,20,22H,2-7,10-17,19H2,1H3,(H,28,32). The van der Waals surface area contributed by atoms with Crippen molar-refractivity contribution in [1.82, 2.24) is 15.1 Å². The maximum absolute atomic E-state index is 13.6. The fourth-order valence-corrected chi connectivity index (χ4v) is 6.36. The summed E-state index contributed by atoms with van der Waals surface area (Å²) in [5.41, 5.74) is 0.488. The van der Waals surface area contributed by atoms with E-state index in [1.54, 1.807) is 0 Å². The van der Waals surface area contributed by atoms with Crippen LogP contribution < -0.4 is 14.8 Å². The number of benzene rings is 1. The molecule has 7 nitrogen and oxygen atoms in total. The summed E-state index contributed by atoms with van der Waals surface area (Å²) in [7, 11) is 0. The lowest BCUT2D eigenvalue weighted by Crippen LogP contribution is -2.73. The molecule has 1 unspecified atom stereocenters. The van der Waals surface area contributed by atoms with E-state index in [0.29, 0.717) is 38.5 Å². The van der Waals surface area contributed by atoms with Crippen LogP contribution in [-0.4, -0.2) is 66.0 Å². The molecule has 7 heteroatoms. The van der Waals surface area contributed by atoms with Gasteiger partial charge in [-0.25, -0.2) is 0 Å². The van der Waals surface area contributed by atoms with Crippen molar-refractivity contribution in [1.29, 1.82) is 0 Å². The molecule has 0 radical (unpaired) electrons. The van der Waals surface area contributed by atoms with Crippen molar-refractivity contribution < 1.29 is 19.1 Å². The summed E-state index contributed by atoms with van der Waals surface area (Å²) in [5.74, 6) is 2.40. The van der Waals surface area contributed by atoms with Crippen molar-refractivity contribution in [3.05, 3.63) is 23.8 Å². The molecule has 2 saturated heterocycles. The summed E-state index contributed by atoms with van der Waals surface area (Å²) >= 11 is 0. The van der Waals surface area contributed by atoms with Gasteiger partial charge in [0.25, 0.3) is 0 Å². The van der Waals surface area contributed by atoms with Crippen LogP contribution >= 0.6 is 0 Å². The molecule has 3 fully saturated rings. The molecule has 1 saturated carbocycles. The van der Waals surface area contributed by atoms with Crippen molar-refractivity contribution in [3.8, 4) is 11.5 Å². The fraction of sp³-hybridized carbons (Fsp3) is 0.704. The van der Waals surface area contributed by atoms with Crippen molar-refractivity contribution in [2.24, 2.45) is 5.92 Å². The van der Waals surface area contributed by atoms with Crippen LogP contribution in [0, 0.1) is 5.92 Å². The maximum Gasteiger partial charge on any atom is 0.246 e. The zero-order valence-electron chi connectivity index (χ0n) is 20.5. The number of carbonyl (C=O) groups is 2. The Kier molecular flexibility index (Phi) is 7.00. The highest BCUT2D eigenvalue weighted by molar-refractivity contribution is 6.00. The number of likely N-dealkylation sites (tertiary alicyclic amines) is 1. The van der Waals surface area contributed by atoms with Gasteiger partial charge in [0.2, 0.25) is 11.8 Å². The van der Waals surface area contributed by atoms with E-state index >= 15 is 0 Å². The van der Waals surface area contributed by atoms with Crippen LogP contribution in [0.4, 0.5) is 0 Å². The molecule has 1 aliphatic carbocycles.